The van der Waals surface area contributed by atoms with Crippen LogP contribution in [0, 0.1) is 13.8 Å². The molecule has 0 aliphatic heterocycles. The van der Waals surface area contributed by atoms with Crippen molar-refractivity contribution < 1.29 is 18.0 Å². The van der Waals surface area contributed by atoms with E-state index in [2.05, 4.69) is 21.2 Å². The maximum atomic E-state index is 14.0. The van der Waals surface area contributed by atoms with E-state index in [-0.39, 0.29) is 37.4 Å². The molecule has 0 fully saturated rings. The van der Waals surface area contributed by atoms with Crippen LogP contribution in [0.3, 0.4) is 0 Å². The van der Waals surface area contributed by atoms with Crippen LogP contribution < -0.4 is 9.62 Å². The lowest BCUT2D eigenvalue weighted by Gasteiger charge is -2.33. The Morgan fingerprint density at radius 2 is 1.62 bits per heavy atom. The fourth-order valence-electron chi connectivity index (χ4n) is 4.82. The third kappa shape index (κ3) is 9.42. The lowest BCUT2D eigenvalue weighted by molar-refractivity contribution is -0.141. The smallest absolute Gasteiger partial charge is 0.243 e. The largest absolute Gasteiger partial charge is 0.352 e. The van der Waals surface area contributed by atoms with Gasteiger partial charge in [-0.05, 0) is 74.1 Å². The Balaban J connectivity index is 1.91. The molecule has 1 N–H and O–H groups in total. The van der Waals surface area contributed by atoms with Crippen LogP contribution in [0.1, 0.15) is 55.4 Å². The Kier molecular flexibility index (Phi) is 12.2. The molecule has 0 saturated heterocycles. The zero-order chi connectivity index (χ0) is 30.9. The van der Waals surface area contributed by atoms with Gasteiger partial charge in [-0.15, -0.1) is 0 Å². The Labute approximate surface area is 259 Å². The number of benzene rings is 3. The first kappa shape index (κ1) is 33.3. The zero-order valence-electron chi connectivity index (χ0n) is 25.1. The van der Waals surface area contributed by atoms with Gasteiger partial charge >= 0.3 is 0 Å². The van der Waals surface area contributed by atoms with Crippen LogP contribution in [-0.2, 0) is 32.6 Å². The van der Waals surface area contributed by atoms with Crippen LogP contribution in [0.5, 0.6) is 0 Å². The standard InChI is InChI=1S/C33H42BrN3O4S/c1-6-25(3)35-33(39)31(22-27-14-8-7-9-15-27)36(23-28-16-11-17-29(34)21-28)32(38)19-12-20-37(42(5,40)41)30-18-10-13-24(2)26(30)4/h7-11,13-18,21,25,31H,6,12,19-20,22-23H2,1-5H3,(H,35,39)/t25-,31-/m1/s1. The summed E-state index contributed by atoms with van der Waals surface area (Å²) < 4.78 is 27.8. The molecule has 226 valence electrons. The van der Waals surface area contributed by atoms with Crippen LogP contribution in [0.2, 0.25) is 0 Å². The van der Waals surface area contributed by atoms with Gasteiger partial charge in [0.2, 0.25) is 21.8 Å². The third-order valence-electron chi connectivity index (χ3n) is 7.51. The molecule has 0 aliphatic rings. The third-order valence-corrected chi connectivity index (χ3v) is 9.18. The number of nitrogens with one attached hydrogen (secondary N) is 1. The molecule has 0 radical (unpaired) electrons. The molecule has 9 heteroatoms. The molecule has 42 heavy (non-hydrogen) atoms. The van der Waals surface area contributed by atoms with Crippen molar-refractivity contribution >= 4 is 43.5 Å². The van der Waals surface area contributed by atoms with E-state index in [1.54, 1.807) is 11.0 Å². The van der Waals surface area contributed by atoms with Crippen molar-refractivity contribution in [3.8, 4) is 0 Å². The highest BCUT2D eigenvalue weighted by Gasteiger charge is 2.31. The van der Waals surface area contributed by atoms with Gasteiger partial charge in [0.15, 0.2) is 0 Å². The van der Waals surface area contributed by atoms with Gasteiger partial charge in [-0.25, -0.2) is 8.42 Å². The second kappa shape index (κ2) is 15.3. The quantitative estimate of drug-likeness (QED) is 0.225. The monoisotopic (exact) mass is 655 g/mol. The molecular formula is C33H42BrN3O4S. The number of hydrogen-bond donors (Lipinski definition) is 1. The lowest BCUT2D eigenvalue weighted by atomic mass is 10.0. The maximum absolute atomic E-state index is 14.0. The highest BCUT2D eigenvalue weighted by atomic mass is 79.9. The first-order valence-electron chi connectivity index (χ1n) is 14.3. The van der Waals surface area contributed by atoms with E-state index in [1.807, 2.05) is 94.4 Å². The number of aryl methyl sites for hydroxylation is 1. The lowest BCUT2D eigenvalue weighted by Crippen LogP contribution is -2.52. The van der Waals surface area contributed by atoms with Gasteiger partial charge in [-0.2, -0.15) is 0 Å². The number of anilines is 1. The fraction of sp³-hybridized carbons (Fsp3) is 0.394. The Morgan fingerprint density at radius 1 is 0.952 bits per heavy atom. The van der Waals surface area contributed by atoms with Gasteiger partial charge in [0.25, 0.3) is 0 Å². The molecule has 0 heterocycles. The van der Waals surface area contributed by atoms with Crippen molar-refractivity contribution in [2.75, 3.05) is 17.1 Å². The van der Waals surface area contributed by atoms with Crippen molar-refractivity contribution in [2.24, 2.45) is 0 Å². The number of nitrogens with zero attached hydrogens (tertiary/aromatic N) is 2. The molecular weight excluding hydrogens is 614 g/mol. The van der Waals surface area contributed by atoms with Crippen molar-refractivity contribution in [1.82, 2.24) is 10.2 Å². The summed E-state index contributed by atoms with van der Waals surface area (Å²) in [4.78, 5) is 29.3. The summed E-state index contributed by atoms with van der Waals surface area (Å²) in [6.45, 7) is 8.20. The minimum Gasteiger partial charge on any atom is -0.352 e. The van der Waals surface area contributed by atoms with Crippen molar-refractivity contribution in [2.45, 2.75) is 72.0 Å². The Morgan fingerprint density at radius 3 is 2.26 bits per heavy atom. The topological polar surface area (TPSA) is 86.8 Å². The first-order chi connectivity index (χ1) is 19.9. The second-order valence-electron chi connectivity index (χ2n) is 10.8. The minimum absolute atomic E-state index is 0.0421. The summed E-state index contributed by atoms with van der Waals surface area (Å²) in [7, 11) is -3.58. The molecule has 0 aliphatic carbocycles. The summed E-state index contributed by atoms with van der Waals surface area (Å²) in [6, 6.07) is 22.2. The van der Waals surface area contributed by atoms with Gasteiger partial charge in [0.05, 0.1) is 11.9 Å². The van der Waals surface area contributed by atoms with Gasteiger partial charge in [0, 0.05) is 36.4 Å². The SMILES string of the molecule is CC[C@@H](C)NC(=O)[C@@H](Cc1ccccc1)N(Cc1cccc(Br)c1)C(=O)CCCN(c1cccc(C)c1C)S(C)(=O)=O. The molecule has 0 spiro atoms. The number of hydrogen-bond acceptors (Lipinski definition) is 4. The molecule has 2 amide bonds. The van der Waals surface area contributed by atoms with Gasteiger partial charge in [-0.3, -0.25) is 13.9 Å². The molecule has 0 unspecified atom stereocenters. The molecule has 3 rings (SSSR count). The van der Waals surface area contributed by atoms with E-state index in [9.17, 15) is 18.0 Å². The number of carbonyl (C=O) groups is 2. The van der Waals surface area contributed by atoms with Gasteiger partial charge in [0.1, 0.15) is 6.04 Å². The van der Waals surface area contributed by atoms with E-state index >= 15 is 0 Å². The van der Waals surface area contributed by atoms with E-state index in [4.69, 9.17) is 0 Å². The fourth-order valence-corrected chi connectivity index (χ4v) is 6.28. The normalized spacial score (nSPS) is 12.8. The minimum atomic E-state index is -3.58. The van der Waals surface area contributed by atoms with Gasteiger partial charge < -0.3 is 10.2 Å². The summed E-state index contributed by atoms with van der Waals surface area (Å²) in [5.74, 6) is -0.408. The zero-order valence-corrected chi connectivity index (χ0v) is 27.5. The number of sulfonamides is 1. The molecule has 0 aromatic heterocycles. The number of halogens is 1. The molecule has 3 aromatic rings. The average Bonchev–Trinajstić information content (AvgIpc) is 2.94. The molecule has 2 atom stereocenters. The summed E-state index contributed by atoms with van der Waals surface area (Å²) >= 11 is 3.52. The van der Waals surface area contributed by atoms with Crippen LogP contribution in [0.25, 0.3) is 0 Å². The molecule has 0 bridgehead atoms. The van der Waals surface area contributed by atoms with Crippen LogP contribution in [0.15, 0.2) is 77.3 Å². The molecule has 7 nitrogen and oxygen atoms in total. The maximum Gasteiger partial charge on any atom is 0.243 e. The summed E-state index contributed by atoms with van der Waals surface area (Å²) in [6.07, 6.45) is 2.71. The predicted molar refractivity (Wildman–Crippen MR) is 174 cm³/mol. The Bertz CT molecular complexity index is 1460. The van der Waals surface area contributed by atoms with Crippen molar-refractivity contribution in [1.29, 1.82) is 0 Å². The van der Waals surface area contributed by atoms with E-state index in [1.165, 1.54) is 10.6 Å². The van der Waals surface area contributed by atoms with Crippen molar-refractivity contribution in [3.05, 3.63) is 99.5 Å². The van der Waals surface area contributed by atoms with Crippen molar-refractivity contribution in [3.63, 3.8) is 0 Å². The van der Waals surface area contributed by atoms with Crippen LogP contribution in [0.4, 0.5) is 5.69 Å². The highest BCUT2D eigenvalue weighted by Crippen LogP contribution is 2.26. The average molecular weight is 657 g/mol. The summed E-state index contributed by atoms with van der Waals surface area (Å²) in [5, 5.41) is 3.08. The number of amides is 2. The molecule has 0 saturated carbocycles. The summed E-state index contributed by atoms with van der Waals surface area (Å²) in [5.41, 5.74) is 4.33. The number of carbonyl (C=O) groups excluding carboxylic acids is 2. The second-order valence-corrected chi connectivity index (χ2v) is 13.7. The van der Waals surface area contributed by atoms with E-state index in [0.29, 0.717) is 18.5 Å². The van der Waals surface area contributed by atoms with Crippen LogP contribution >= 0.6 is 15.9 Å². The highest BCUT2D eigenvalue weighted by molar-refractivity contribution is 9.10. The first-order valence-corrected chi connectivity index (χ1v) is 17.0. The number of rotatable bonds is 14. The van der Waals surface area contributed by atoms with Gasteiger partial charge in [-0.1, -0.05) is 77.5 Å². The van der Waals surface area contributed by atoms with Crippen LogP contribution in [-0.4, -0.2) is 50.0 Å². The Hall–Kier alpha value is -3.17. The van der Waals surface area contributed by atoms with E-state index < -0.39 is 16.1 Å². The predicted octanol–water partition coefficient (Wildman–Crippen LogP) is 6.17. The molecule has 3 aromatic carbocycles. The van der Waals surface area contributed by atoms with E-state index in [0.717, 1.165) is 33.1 Å².